The lowest BCUT2D eigenvalue weighted by Crippen LogP contribution is -2.28. The normalized spacial score (nSPS) is 11.9. The van der Waals surface area contributed by atoms with E-state index >= 15 is 0 Å². The molecule has 0 radical (unpaired) electrons. The van der Waals surface area contributed by atoms with Crippen molar-refractivity contribution < 1.29 is 9.53 Å². The first-order chi connectivity index (χ1) is 9.43. The predicted molar refractivity (Wildman–Crippen MR) is 84.5 cm³/mol. The van der Waals surface area contributed by atoms with E-state index in [1.54, 1.807) is 19.1 Å². The van der Waals surface area contributed by atoms with Crippen LogP contribution >= 0.6 is 12.2 Å². The number of benzene rings is 1. The van der Waals surface area contributed by atoms with Crippen molar-refractivity contribution in [2.45, 2.75) is 19.9 Å². The lowest BCUT2D eigenvalue weighted by molar-refractivity contribution is -0.131. The summed E-state index contributed by atoms with van der Waals surface area (Å²) in [5, 5.41) is 0. The molecule has 1 aromatic carbocycles. The van der Waals surface area contributed by atoms with Crippen LogP contribution in [0.15, 0.2) is 24.3 Å². The van der Waals surface area contributed by atoms with E-state index in [-0.39, 0.29) is 11.8 Å². The molecule has 0 fully saturated rings. The van der Waals surface area contributed by atoms with Crippen LogP contribution in [0, 0.1) is 5.92 Å². The third-order valence-electron chi connectivity index (χ3n) is 3.03. The van der Waals surface area contributed by atoms with Crippen molar-refractivity contribution in [2.75, 3.05) is 20.8 Å². The Labute approximate surface area is 125 Å². The fourth-order valence-electron chi connectivity index (χ4n) is 1.98. The summed E-state index contributed by atoms with van der Waals surface area (Å²) < 4.78 is 5.05. The predicted octanol–water partition coefficient (Wildman–Crippen LogP) is 1.95. The molecule has 1 amide bonds. The van der Waals surface area contributed by atoms with Gasteiger partial charge in [0.15, 0.2) is 0 Å². The van der Waals surface area contributed by atoms with Gasteiger partial charge in [-0.2, -0.15) is 0 Å². The lowest BCUT2D eigenvalue weighted by Gasteiger charge is -2.19. The van der Waals surface area contributed by atoms with E-state index in [0.29, 0.717) is 24.6 Å². The minimum atomic E-state index is 0.107. The smallest absolute Gasteiger partial charge is 0.222 e. The maximum absolute atomic E-state index is 12.1. The molecule has 5 heteroatoms. The lowest BCUT2D eigenvalue weighted by atomic mass is 10.1. The van der Waals surface area contributed by atoms with Crippen molar-refractivity contribution in [1.82, 2.24) is 4.90 Å². The zero-order chi connectivity index (χ0) is 15.1. The zero-order valence-corrected chi connectivity index (χ0v) is 13.1. The monoisotopic (exact) mass is 294 g/mol. The summed E-state index contributed by atoms with van der Waals surface area (Å²) in [6.07, 6.45) is 0.485. The van der Waals surface area contributed by atoms with E-state index in [4.69, 9.17) is 22.7 Å². The number of nitrogens with zero attached hydrogens (tertiary/aromatic N) is 1. The Hall–Kier alpha value is -1.46. The van der Waals surface area contributed by atoms with E-state index in [1.165, 1.54) is 0 Å². The highest BCUT2D eigenvalue weighted by Crippen LogP contribution is 2.10. The van der Waals surface area contributed by atoms with E-state index in [1.807, 2.05) is 31.2 Å². The number of hydrogen-bond acceptors (Lipinski definition) is 3. The van der Waals surface area contributed by atoms with Gasteiger partial charge >= 0.3 is 0 Å². The number of hydrogen-bond donors (Lipinski definition) is 1. The average Bonchev–Trinajstić information content (AvgIpc) is 2.39. The van der Waals surface area contributed by atoms with Crippen LogP contribution in [0.2, 0.25) is 0 Å². The Morgan fingerprint density at radius 2 is 2.20 bits per heavy atom. The van der Waals surface area contributed by atoms with Gasteiger partial charge in [0.2, 0.25) is 5.91 Å². The van der Waals surface area contributed by atoms with Gasteiger partial charge < -0.3 is 15.4 Å². The number of nitrogens with two attached hydrogens (primary N) is 1. The van der Waals surface area contributed by atoms with Crippen LogP contribution in [0.1, 0.15) is 24.5 Å². The Morgan fingerprint density at radius 1 is 1.50 bits per heavy atom. The Kier molecular flexibility index (Phi) is 6.61. The molecule has 2 N–H and O–H groups in total. The van der Waals surface area contributed by atoms with Crippen molar-refractivity contribution in [3.8, 4) is 0 Å². The summed E-state index contributed by atoms with van der Waals surface area (Å²) in [6.45, 7) is 3.15. The maximum atomic E-state index is 12.1. The third-order valence-corrected chi connectivity index (χ3v) is 3.27. The Balaban J connectivity index is 2.61. The second-order valence-electron chi connectivity index (χ2n) is 5.08. The molecule has 0 saturated heterocycles. The molecule has 110 valence electrons. The first-order valence-electron chi connectivity index (χ1n) is 6.55. The molecule has 1 unspecified atom stereocenters. The average molecular weight is 294 g/mol. The molecule has 0 heterocycles. The SMILES string of the molecule is COCC(C)CC(=O)N(C)Cc1cccc(C(N)=S)c1. The molecule has 1 rings (SSSR count). The van der Waals surface area contributed by atoms with Crippen LogP contribution in [-0.4, -0.2) is 36.6 Å². The van der Waals surface area contributed by atoms with Gasteiger partial charge in [0.05, 0.1) is 0 Å². The summed E-state index contributed by atoms with van der Waals surface area (Å²) in [7, 11) is 3.45. The Morgan fingerprint density at radius 3 is 2.80 bits per heavy atom. The molecule has 1 aromatic rings. The molecular weight excluding hydrogens is 272 g/mol. The quantitative estimate of drug-likeness (QED) is 0.781. The van der Waals surface area contributed by atoms with Crippen LogP contribution < -0.4 is 5.73 Å². The molecule has 4 nitrogen and oxygen atoms in total. The highest BCUT2D eigenvalue weighted by molar-refractivity contribution is 7.80. The second-order valence-corrected chi connectivity index (χ2v) is 5.52. The minimum absolute atomic E-state index is 0.107. The fraction of sp³-hybridized carbons (Fsp3) is 0.467. The van der Waals surface area contributed by atoms with Crippen molar-refractivity contribution in [3.63, 3.8) is 0 Å². The number of rotatable bonds is 7. The van der Waals surface area contributed by atoms with Gasteiger partial charge in [-0.05, 0) is 17.5 Å². The maximum Gasteiger partial charge on any atom is 0.222 e. The van der Waals surface area contributed by atoms with Crippen molar-refractivity contribution >= 4 is 23.1 Å². The molecule has 0 aliphatic rings. The van der Waals surface area contributed by atoms with E-state index in [0.717, 1.165) is 11.1 Å². The van der Waals surface area contributed by atoms with Crippen LogP contribution in [0.4, 0.5) is 0 Å². The van der Waals surface area contributed by atoms with Gasteiger partial charge in [-0.3, -0.25) is 4.79 Å². The van der Waals surface area contributed by atoms with E-state index in [9.17, 15) is 4.79 Å². The number of ether oxygens (including phenoxy) is 1. The summed E-state index contributed by atoms with van der Waals surface area (Å²) in [5.41, 5.74) is 7.45. The molecule has 0 aromatic heterocycles. The molecule has 0 aliphatic heterocycles. The van der Waals surface area contributed by atoms with Gasteiger partial charge in [-0.15, -0.1) is 0 Å². The van der Waals surface area contributed by atoms with Crippen molar-refractivity contribution in [2.24, 2.45) is 11.7 Å². The third kappa shape index (κ3) is 5.27. The number of thiocarbonyl (C=S) groups is 1. The van der Waals surface area contributed by atoms with E-state index in [2.05, 4.69) is 0 Å². The van der Waals surface area contributed by atoms with E-state index < -0.39 is 0 Å². The van der Waals surface area contributed by atoms with Crippen LogP contribution in [-0.2, 0) is 16.1 Å². The molecule has 0 saturated carbocycles. The van der Waals surface area contributed by atoms with Crippen LogP contribution in [0.3, 0.4) is 0 Å². The molecule has 0 bridgehead atoms. The highest BCUT2D eigenvalue weighted by atomic mass is 32.1. The van der Waals surface area contributed by atoms with Crippen molar-refractivity contribution in [3.05, 3.63) is 35.4 Å². The Bertz CT molecular complexity index is 477. The first kappa shape index (κ1) is 16.6. The minimum Gasteiger partial charge on any atom is -0.389 e. The van der Waals surface area contributed by atoms with Gasteiger partial charge in [0, 0.05) is 39.3 Å². The number of amides is 1. The highest BCUT2D eigenvalue weighted by Gasteiger charge is 2.13. The standard InChI is InChI=1S/C15H22N2O2S/c1-11(10-19-3)7-14(18)17(2)9-12-5-4-6-13(8-12)15(16)20/h4-6,8,11H,7,9-10H2,1-3H3,(H2,16,20). The first-order valence-corrected chi connectivity index (χ1v) is 6.96. The fourth-order valence-corrected chi connectivity index (χ4v) is 2.11. The van der Waals surface area contributed by atoms with Gasteiger partial charge in [-0.1, -0.05) is 37.3 Å². The summed E-state index contributed by atoms with van der Waals surface area (Å²) in [5.74, 6) is 0.327. The number of carbonyl (C=O) groups is 1. The molecule has 0 aliphatic carbocycles. The summed E-state index contributed by atoms with van der Waals surface area (Å²) in [6, 6.07) is 7.65. The van der Waals surface area contributed by atoms with Gasteiger partial charge in [0.25, 0.3) is 0 Å². The van der Waals surface area contributed by atoms with Gasteiger partial charge in [-0.25, -0.2) is 0 Å². The zero-order valence-electron chi connectivity index (χ0n) is 12.3. The number of methoxy groups -OCH3 is 1. The van der Waals surface area contributed by atoms with Crippen LogP contribution in [0.25, 0.3) is 0 Å². The summed E-state index contributed by atoms with van der Waals surface area (Å²) >= 11 is 4.96. The molecular formula is C15H22N2O2S. The summed E-state index contributed by atoms with van der Waals surface area (Å²) in [4.78, 5) is 14.2. The van der Waals surface area contributed by atoms with Crippen LogP contribution in [0.5, 0.6) is 0 Å². The molecule has 0 spiro atoms. The largest absolute Gasteiger partial charge is 0.389 e. The molecule has 1 atom stereocenters. The molecule has 20 heavy (non-hydrogen) atoms. The topological polar surface area (TPSA) is 55.6 Å². The second kappa shape index (κ2) is 7.97. The van der Waals surface area contributed by atoms with Crippen molar-refractivity contribution in [1.29, 1.82) is 0 Å². The van der Waals surface area contributed by atoms with Gasteiger partial charge in [0.1, 0.15) is 4.99 Å². The number of carbonyl (C=O) groups excluding carboxylic acids is 1.